The van der Waals surface area contributed by atoms with Gasteiger partial charge in [-0.25, -0.2) is 0 Å². The average Bonchev–Trinajstić information content (AvgIpc) is 2.46. The summed E-state index contributed by atoms with van der Waals surface area (Å²) in [6.45, 7) is 3.71. The van der Waals surface area contributed by atoms with Crippen LogP contribution in [0.15, 0.2) is 18.2 Å². The fraction of sp³-hybridized carbons (Fsp3) is 0.533. The van der Waals surface area contributed by atoms with E-state index >= 15 is 0 Å². The molecule has 1 heterocycles. The lowest BCUT2D eigenvalue weighted by Gasteiger charge is -2.33. The van der Waals surface area contributed by atoms with Gasteiger partial charge in [0.25, 0.3) is 0 Å². The van der Waals surface area contributed by atoms with Crippen molar-refractivity contribution in [1.29, 1.82) is 0 Å². The number of nitrogens with one attached hydrogen (secondary N) is 1. The first-order chi connectivity index (χ1) is 9.67. The third-order valence-corrected chi connectivity index (χ3v) is 3.82. The molecule has 1 aliphatic rings. The molecular formula is C15H21ClN2O2. The van der Waals surface area contributed by atoms with Crippen LogP contribution in [0.2, 0.25) is 5.02 Å². The molecule has 0 bridgehead atoms. The molecule has 1 fully saturated rings. The van der Waals surface area contributed by atoms with Gasteiger partial charge in [-0.15, -0.1) is 0 Å². The Morgan fingerprint density at radius 1 is 1.50 bits per heavy atom. The number of ether oxygens (including phenoxy) is 1. The van der Waals surface area contributed by atoms with Crippen molar-refractivity contribution >= 4 is 23.2 Å². The first-order valence-electron chi connectivity index (χ1n) is 7.05. The monoisotopic (exact) mass is 296 g/mol. The minimum absolute atomic E-state index is 0.0791. The highest BCUT2D eigenvalue weighted by atomic mass is 35.5. The summed E-state index contributed by atoms with van der Waals surface area (Å²) in [7, 11) is 1.58. The maximum Gasteiger partial charge on any atom is 0.244 e. The van der Waals surface area contributed by atoms with Gasteiger partial charge in [-0.2, -0.15) is 0 Å². The van der Waals surface area contributed by atoms with Crippen LogP contribution < -0.4 is 15.0 Å². The highest BCUT2D eigenvalue weighted by Gasteiger charge is 2.29. The number of halogens is 1. The van der Waals surface area contributed by atoms with Crippen LogP contribution in [0.25, 0.3) is 0 Å². The van der Waals surface area contributed by atoms with E-state index in [1.54, 1.807) is 19.2 Å². The van der Waals surface area contributed by atoms with Crippen LogP contribution >= 0.6 is 11.6 Å². The fourth-order valence-electron chi connectivity index (χ4n) is 2.46. The highest BCUT2D eigenvalue weighted by molar-refractivity contribution is 6.32. The van der Waals surface area contributed by atoms with E-state index < -0.39 is 0 Å². The van der Waals surface area contributed by atoms with Gasteiger partial charge in [-0.05, 0) is 44.0 Å². The van der Waals surface area contributed by atoms with E-state index in [0.717, 1.165) is 38.0 Å². The molecule has 0 radical (unpaired) electrons. The maximum atomic E-state index is 12.5. The number of hydrogen-bond donors (Lipinski definition) is 1. The SMILES string of the molecule is CCCNC1CCCN(c2ccc(OC)c(Cl)c2)C1=O. The Labute approximate surface area is 125 Å². The number of rotatable bonds is 5. The number of amides is 1. The third kappa shape index (κ3) is 3.25. The molecular weight excluding hydrogens is 276 g/mol. The molecule has 5 heteroatoms. The zero-order chi connectivity index (χ0) is 14.5. The standard InChI is InChI=1S/C15H21ClN2O2/c1-3-8-17-13-5-4-9-18(15(13)19)11-6-7-14(20-2)12(16)10-11/h6-7,10,13,17H,3-5,8-9H2,1-2H3. The van der Waals surface area contributed by atoms with E-state index in [2.05, 4.69) is 12.2 Å². The molecule has 4 nitrogen and oxygen atoms in total. The predicted molar refractivity (Wildman–Crippen MR) is 81.7 cm³/mol. The summed E-state index contributed by atoms with van der Waals surface area (Å²) in [5.41, 5.74) is 0.837. The lowest BCUT2D eigenvalue weighted by Crippen LogP contribution is -2.51. The molecule has 1 amide bonds. The number of benzene rings is 1. The van der Waals surface area contributed by atoms with Gasteiger partial charge in [0.1, 0.15) is 5.75 Å². The van der Waals surface area contributed by atoms with Crippen molar-refractivity contribution in [2.45, 2.75) is 32.2 Å². The number of piperidine rings is 1. The minimum atomic E-state index is -0.0791. The van der Waals surface area contributed by atoms with Gasteiger partial charge >= 0.3 is 0 Å². The van der Waals surface area contributed by atoms with E-state index in [9.17, 15) is 4.79 Å². The number of hydrogen-bond acceptors (Lipinski definition) is 3. The van der Waals surface area contributed by atoms with Crippen LogP contribution in [-0.2, 0) is 4.79 Å². The van der Waals surface area contributed by atoms with Gasteiger partial charge in [0.15, 0.2) is 0 Å². The van der Waals surface area contributed by atoms with Crippen molar-refractivity contribution in [3.8, 4) is 5.75 Å². The zero-order valence-electron chi connectivity index (χ0n) is 12.0. The first-order valence-corrected chi connectivity index (χ1v) is 7.43. The average molecular weight is 297 g/mol. The molecule has 20 heavy (non-hydrogen) atoms. The van der Waals surface area contributed by atoms with E-state index in [1.165, 1.54) is 0 Å². The summed E-state index contributed by atoms with van der Waals surface area (Å²) in [5, 5.41) is 3.84. The summed E-state index contributed by atoms with van der Waals surface area (Å²) in [6.07, 6.45) is 2.92. The van der Waals surface area contributed by atoms with Crippen LogP contribution in [0, 0.1) is 0 Å². The molecule has 0 aliphatic carbocycles. The molecule has 0 spiro atoms. The summed E-state index contributed by atoms with van der Waals surface area (Å²) in [4.78, 5) is 14.3. The maximum absolute atomic E-state index is 12.5. The molecule has 0 saturated carbocycles. The quantitative estimate of drug-likeness (QED) is 0.908. The van der Waals surface area contributed by atoms with Gasteiger partial charge in [-0.3, -0.25) is 4.79 Å². The van der Waals surface area contributed by atoms with E-state index in [4.69, 9.17) is 16.3 Å². The van der Waals surface area contributed by atoms with Crippen LogP contribution in [0.1, 0.15) is 26.2 Å². The number of methoxy groups -OCH3 is 1. The topological polar surface area (TPSA) is 41.6 Å². The Balaban J connectivity index is 2.14. The van der Waals surface area contributed by atoms with Crippen LogP contribution in [0.5, 0.6) is 5.75 Å². The van der Waals surface area contributed by atoms with Crippen molar-refractivity contribution in [1.82, 2.24) is 5.32 Å². The summed E-state index contributed by atoms with van der Waals surface area (Å²) < 4.78 is 5.14. The smallest absolute Gasteiger partial charge is 0.244 e. The van der Waals surface area contributed by atoms with E-state index in [-0.39, 0.29) is 11.9 Å². The Bertz CT molecular complexity index is 479. The fourth-order valence-corrected chi connectivity index (χ4v) is 2.71. The second-order valence-corrected chi connectivity index (χ2v) is 5.36. The van der Waals surface area contributed by atoms with Crippen molar-refractivity contribution < 1.29 is 9.53 Å². The van der Waals surface area contributed by atoms with Crippen molar-refractivity contribution in [3.05, 3.63) is 23.2 Å². The molecule has 0 aromatic heterocycles. The Morgan fingerprint density at radius 3 is 2.95 bits per heavy atom. The van der Waals surface area contributed by atoms with E-state index in [1.807, 2.05) is 11.0 Å². The lowest BCUT2D eigenvalue weighted by atomic mass is 10.0. The van der Waals surface area contributed by atoms with Gasteiger partial charge in [0.2, 0.25) is 5.91 Å². The molecule has 1 aromatic carbocycles. The second kappa shape index (κ2) is 6.95. The van der Waals surface area contributed by atoms with Crippen LogP contribution in [0.3, 0.4) is 0 Å². The Hall–Kier alpha value is -1.26. The lowest BCUT2D eigenvalue weighted by molar-refractivity contribution is -0.121. The van der Waals surface area contributed by atoms with Gasteiger partial charge in [0, 0.05) is 12.2 Å². The summed E-state index contributed by atoms with van der Waals surface area (Å²) in [5.74, 6) is 0.756. The number of anilines is 1. The molecule has 1 unspecified atom stereocenters. The van der Waals surface area contributed by atoms with Gasteiger partial charge < -0.3 is 15.0 Å². The molecule has 1 N–H and O–H groups in total. The molecule has 1 saturated heterocycles. The summed E-state index contributed by atoms with van der Waals surface area (Å²) in [6, 6.07) is 5.39. The Morgan fingerprint density at radius 2 is 2.30 bits per heavy atom. The van der Waals surface area contributed by atoms with Crippen molar-refractivity contribution in [2.75, 3.05) is 25.1 Å². The number of carbonyl (C=O) groups excluding carboxylic acids is 1. The molecule has 1 atom stereocenters. The minimum Gasteiger partial charge on any atom is -0.495 e. The number of nitrogens with zero attached hydrogens (tertiary/aromatic N) is 1. The van der Waals surface area contributed by atoms with Crippen molar-refractivity contribution in [2.24, 2.45) is 0 Å². The van der Waals surface area contributed by atoms with Gasteiger partial charge in [-0.1, -0.05) is 18.5 Å². The molecule has 2 rings (SSSR count). The largest absolute Gasteiger partial charge is 0.495 e. The normalized spacial score (nSPS) is 19.2. The molecule has 110 valence electrons. The van der Waals surface area contributed by atoms with Gasteiger partial charge in [0.05, 0.1) is 18.2 Å². The highest BCUT2D eigenvalue weighted by Crippen LogP contribution is 2.30. The Kier molecular flexibility index (Phi) is 5.26. The molecule has 1 aliphatic heterocycles. The zero-order valence-corrected chi connectivity index (χ0v) is 12.7. The summed E-state index contributed by atoms with van der Waals surface area (Å²) >= 11 is 6.14. The predicted octanol–water partition coefficient (Wildman–Crippen LogP) is 2.84. The second-order valence-electron chi connectivity index (χ2n) is 4.96. The third-order valence-electron chi connectivity index (χ3n) is 3.53. The van der Waals surface area contributed by atoms with Crippen molar-refractivity contribution in [3.63, 3.8) is 0 Å². The van der Waals surface area contributed by atoms with Crippen LogP contribution in [-0.4, -0.2) is 32.1 Å². The van der Waals surface area contributed by atoms with Crippen LogP contribution in [0.4, 0.5) is 5.69 Å². The molecule has 1 aromatic rings. The van der Waals surface area contributed by atoms with E-state index in [0.29, 0.717) is 10.8 Å². The first kappa shape index (κ1) is 15.1. The number of carbonyl (C=O) groups is 1.